The van der Waals surface area contributed by atoms with Crippen molar-refractivity contribution in [2.75, 3.05) is 0 Å². The van der Waals surface area contributed by atoms with Gasteiger partial charge in [0.15, 0.2) is 22.4 Å². The first-order chi connectivity index (χ1) is 10.4. The molecule has 0 rings (SSSR count). The molecule has 140 valence electrons. The van der Waals surface area contributed by atoms with Crippen molar-refractivity contribution in [3.05, 3.63) is 0 Å². The number of Topliss-reactive ketones (excluding diaryl/α,β-unsaturated/α-hetero) is 1. The number of ketones is 1. The largest absolute Gasteiger partial charge is 0.407 e. The number of terminal acetylenes is 1. The monoisotopic (exact) mass is 370 g/mol. The minimum Gasteiger partial charge on any atom is -0.407 e. The molecule has 3 nitrogen and oxygen atoms in total. The molecule has 0 bridgehead atoms. The number of carbonyl (C=O) groups excluding carboxylic acids is 1. The van der Waals surface area contributed by atoms with E-state index in [1.807, 2.05) is 6.92 Å². The van der Waals surface area contributed by atoms with Gasteiger partial charge in [-0.15, -0.1) is 6.42 Å². The van der Waals surface area contributed by atoms with Crippen molar-refractivity contribution in [3.8, 4) is 12.3 Å². The Morgan fingerprint density at radius 2 is 1.33 bits per heavy atom. The van der Waals surface area contributed by atoms with Crippen molar-refractivity contribution in [2.24, 2.45) is 0 Å². The molecule has 24 heavy (non-hydrogen) atoms. The maximum Gasteiger partial charge on any atom is 0.193 e. The van der Waals surface area contributed by atoms with E-state index in [9.17, 15) is 4.79 Å². The Labute approximate surface area is 152 Å². The highest BCUT2D eigenvalue weighted by molar-refractivity contribution is 6.74. The molecule has 0 aliphatic heterocycles. The summed E-state index contributed by atoms with van der Waals surface area (Å²) in [6.07, 6.45) is 4.94. The summed E-state index contributed by atoms with van der Waals surface area (Å²) in [6.45, 7) is 23.4. The molecule has 0 aliphatic rings. The fourth-order valence-electron chi connectivity index (χ4n) is 1.70. The van der Waals surface area contributed by atoms with Crippen molar-refractivity contribution < 1.29 is 13.6 Å². The summed E-state index contributed by atoms with van der Waals surface area (Å²) in [5.74, 6) is 2.69. The van der Waals surface area contributed by atoms with Gasteiger partial charge in [0.2, 0.25) is 0 Å². The number of hydrogen-bond donors (Lipinski definition) is 0. The summed E-state index contributed by atoms with van der Waals surface area (Å²) in [6, 6.07) is 0. The van der Waals surface area contributed by atoms with E-state index in [0.29, 0.717) is 0 Å². The zero-order chi connectivity index (χ0) is 19.6. The molecular formula is C19H38O3Si2. The van der Waals surface area contributed by atoms with E-state index < -0.39 is 28.8 Å². The zero-order valence-corrected chi connectivity index (χ0v) is 19.7. The van der Waals surface area contributed by atoms with Gasteiger partial charge >= 0.3 is 0 Å². The molecule has 0 saturated heterocycles. The lowest BCUT2D eigenvalue weighted by Gasteiger charge is -2.39. The molecule has 0 unspecified atom stereocenters. The molecule has 0 aromatic rings. The molecular weight excluding hydrogens is 332 g/mol. The molecule has 0 radical (unpaired) electrons. The average molecular weight is 371 g/mol. The van der Waals surface area contributed by atoms with Crippen LogP contribution in [0.25, 0.3) is 0 Å². The van der Waals surface area contributed by atoms with Gasteiger partial charge in [-0.05, 0) is 43.2 Å². The first kappa shape index (κ1) is 23.6. The third-order valence-electron chi connectivity index (χ3n) is 5.55. The van der Waals surface area contributed by atoms with E-state index in [-0.39, 0.29) is 22.3 Å². The van der Waals surface area contributed by atoms with Gasteiger partial charge in [-0.2, -0.15) is 0 Å². The van der Waals surface area contributed by atoms with Crippen LogP contribution in [0.4, 0.5) is 0 Å². The van der Waals surface area contributed by atoms with Gasteiger partial charge in [0.1, 0.15) is 12.2 Å². The van der Waals surface area contributed by atoms with Crippen LogP contribution >= 0.6 is 0 Å². The van der Waals surface area contributed by atoms with Gasteiger partial charge in [-0.25, -0.2) is 0 Å². The zero-order valence-electron chi connectivity index (χ0n) is 17.7. The lowest BCUT2D eigenvalue weighted by Crippen LogP contribution is -2.47. The van der Waals surface area contributed by atoms with Crippen LogP contribution in [0.2, 0.25) is 36.3 Å². The Kier molecular flexibility index (Phi) is 7.72. The molecule has 0 saturated carbocycles. The topological polar surface area (TPSA) is 35.5 Å². The second kappa shape index (κ2) is 7.86. The van der Waals surface area contributed by atoms with Crippen LogP contribution in [-0.4, -0.2) is 34.6 Å². The van der Waals surface area contributed by atoms with Gasteiger partial charge in [0, 0.05) is 6.42 Å². The molecule has 0 N–H and O–H groups in total. The van der Waals surface area contributed by atoms with E-state index in [0.717, 1.165) is 0 Å². The molecule has 0 amide bonds. The lowest BCUT2D eigenvalue weighted by molar-refractivity contribution is -0.126. The fourth-order valence-corrected chi connectivity index (χ4v) is 4.29. The Bertz CT molecular complexity index is 476. The van der Waals surface area contributed by atoms with E-state index in [4.69, 9.17) is 15.3 Å². The van der Waals surface area contributed by atoms with Gasteiger partial charge in [0.25, 0.3) is 0 Å². The van der Waals surface area contributed by atoms with Crippen LogP contribution in [-0.2, 0) is 13.6 Å². The van der Waals surface area contributed by atoms with Crippen molar-refractivity contribution >= 4 is 22.4 Å². The first-order valence-electron chi connectivity index (χ1n) is 8.79. The van der Waals surface area contributed by atoms with E-state index in [2.05, 4.69) is 73.7 Å². The molecule has 5 heteroatoms. The van der Waals surface area contributed by atoms with Crippen LogP contribution in [0.15, 0.2) is 0 Å². The minimum absolute atomic E-state index is 0.0292. The summed E-state index contributed by atoms with van der Waals surface area (Å²) in [7, 11) is -3.97. The highest BCUT2D eigenvalue weighted by Crippen LogP contribution is 2.38. The highest BCUT2D eigenvalue weighted by Gasteiger charge is 2.41. The standard InChI is InChI=1S/C19H38O3Si2/c1-13-16(22-24(11,12)19(6,7)8)14-17(20)15(2)21-23(9,10)18(3,4)5/h1,15-16H,14H2,2-12H3/t15-,16+/m1/s1. The molecule has 0 heterocycles. The maximum absolute atomic E-state index is 12.6. The van der Waals surface area contributed by atoms with Gasteiger partial charge in [-0.1, -0.05) is 47.5 Å². The Morgan fingerprint density at radius 1 is 0.958 bits per heavy atom. The van der Waals surface area contributed by atoms with E-state index >= 15 is 0 Å². The van der Waals surface area contributed by atoms with Gasteiger partial charge in [-0.3, -0.25) is 4.79 Å². The third-order valence-corrected chi connectivity index (χ3v) is 14.6. The Hall–Kier alpha value is -0.416. The number of hydrogen-bond acceptors (Lipinski definition) is 3. The summed E-state index contributed by atoms with van der Waals surface area (Å²) >= 11 is 0. The second-order valence-corrected chi connectivity index (χ2v) is 19.2. The highest BCUT2D eigenvalue weighted by atomic mass is 28.4. The fraction of sp³-hybridized carbons (Fsp3) is 0.842. The van der Waals surface area contributed by atoms with Crippen molar-refractivity contribution in [2.45, 2.75) is 103 Å². The molecule has 0 aromatic heterocycles. The van der Waals surface area contributed by atoms with E-state index in [1.54, 1.807) is 0 Å². The predicted octanol–water partition coefficient (Wildman–Crippen LogP) is 5.38. The van der Waals surface area contributed by atoms with Crippen LogP contribution < -0.4 is 0 Å². The molecule has 0 fully saturated rings. The lowest BCUT2D eigenvalue weighted by atomic mass is 10.1. The second-order valence-electron chi connectivity index (χ2n) is 9.72. The molecule has 0 aromatic carbocycles. The van der Waals surface area contributed by atoms with Crippen LogP contribution in [0.5, 0.6) is 0 Å². The Balaban J connectivity index is 4.93. The number of carbonyl (C=O) groups is 1. The SMILES string of the molecule is C#C[C@@H](CC(=O)[C@@H](C)O[Si](C)(C)C(C)(C)C)O[Si](C)(C)C(C)(C)C. The van der Waals surface area contributed by atoms with Crippen LogP contribution in [0.1, 0.15) is 54.9 Å². The van der Waals surface area contributed by atoms with Crippen LogP contribution in [0, 0.1) is 12.3 Å². The third kappa shape index (κ3) is 6.47. The average Bonchev–Trinajstić information content (AvgIpc) is 2.34. The summed E-state index contributed by atoms with van der Waals surface area (Å²) in [5, 5.41) is 0.138. The van der Waals surface area contributed by atoms with Crippen molar-refractivity contribution in [1.29, 1.82) is 0 Å². The first-order valence-corrected chi connectivity index (χ1v) is 14.6. The molecule has 0 aliphatic carbocycles. The normalized spacial score (nSPS) is 16.4. The summed E-state index contributed by atoms with van der Waals surface area (Å²) in [5.41, 5.74) is 0. The quantitative estimate of drug-likeness (QED) is 0.446. The van der Waals surface area contributed by atoms with Crippen molar-refractivity contribution in [1.82, 2.24) is 0 Å². The minimum atomic E-state index is -1.99. The predicted molar refractivity (Wildman–Crippen MR) is 108 cm³/mol. The maximum atomic E-state index is 12.6. The summed E-state index contributed by atoms with van der Waals surface area (Å²) < 4.78 is 12.4. The molecule has 2 atom stereocenters. The smallest absolute Gasteiger partial charge is 0.193 e. The number of rotatable bonds is 7. The molecule has 0 spiro atoms. The van der Waals surface area contributed by atoms with Crippen molar-refractivity contribution in [3.63, 3.8) is 0 Å². The summed E-state index contributed by atoms with van der Waals surface area (Å²) in [4.78, 5) is 12.6. The van der Waals surface area contributed by atoms with Gasteiger partial charge in [0.05, 0.1) is 0 Å². The van der Waals surface area contributed by atoms with E-state index in [1.165, 1.54) is 0 Å². The van der Waals surface area contributed by atoms with Gasteiger partial charge < -0.3 is 8.85 Å². The Morgan fingerprint density at radius 3 is 1.67 bits per heavy atom. The van der Waals surface area contributed by atoms with Crippen LogP contribution in [0.3, 0.4) is 0 Å².